The van der Waals surface area contributed by atoms with Crippen LogP contribution in [-0.4, -0.2) is 25.7 Å². The van der Waals surface area contributed by atoms with E-state index in [1.54, 1.807) is 0 Å². The molecule has 0 spiro atoms. The van der Waals surface area contributed by atoms with Crippen LogP contribution in [0.1, 0.15) is 25.5 Å². The Morgan fingerprint density at radius 2 is 2.17 bits per heavy atom. The van der Waals surface area contributed by atoms with E-state index in [2.05, 4.69) is 28.6 Å². The summed E-state index contributed by atoms with van der Waals surface area (Å²) in [5.74, 6) is 1.82. The molecule has 18 heavy (non-hydrogen) atoms. The quantitative estimate of drug-likeness (QED) is 0.494. The van der Waals surface area contributed by atoms with E-state index in [9.17, 15) is 0 Å². The van der Waals surface area contributed by atoms with Crippen LogP contribution in [0.2, 0.25) is 0 Å². The molecule has 2 rings (SSSR count). The van der Waals surface area contributed by atoms with Gasteiger partial charge < -0.3 is 15.4 Å². The average molecular weight is 361 g/mol. The molecule has 1 unspecified atom stereocenters. The Kier molecular flexibility index (Phi) is 6.24. The van der Waals surface area contributed by atoms with E-state index in [0.717, 1.165) is 24.8 Å². The molecule has 1 aliphatic rings. The minimum absolute atomic E-state index is 0. The lowest BCUT2D eigenvalue weighted by Gasteiger charge is -2.15. The first kappa shape index (κ1) is 15.1. The van der Waals surface area contributed by atoms with Gasteiger partial charge in [-0.2, -0.15) is 0 Å². The van der Waals surface area contributed by atoms with Gasteiger partial charge in [0.25, 0.3) is 0 Å². The molecule has 0 aromatic heterocycles. The second-order valence-corrected chi connectivity index (χ2v) is 3.90. The lowest BCUT2D eigenvalue weighted by Crippen LogP contribution is -2.40. The summed E-state index contributed by atoms with van der Waals surface area (Å²) in [7, 11) is 0. The standard InChI is InChI=1S/C13H19N3O.HI/c1-3-14-13(15-4-2)16-11-9-17-12-8-6-5-7-10(11)12;/h5-8,11H,3-4,9H2,1-2H3,(H2,14,15,16);1H. The summed E-state index contributed by atoms with van der Waals surface area (Å²) in [6.45, 7) is 6.38. The van der Waals surface area contributed by atoms with Gasteiger partial charge in [0.05, 0.1) is 6.04 Å². The Morgan fingerprint density at radius 3 is 2.89 bits per heavy atom. The molecule has 5 heteroatoms. The molecular formula is C13H20IN3O. The Labute approximate surface area is 125 Å². The van der Waals surface area contributed by atoms with Gasteiger partial charge in [-0.05, 0) is 19.9 Å². The zero-order chi connectivity index (χ0) is 12.1. The second-order valence-electron chi connectivity index (χ2n) is 3.90. The van der Waals surface area contributed by atoms with Crippen molar-refractivity contribution in [2.45, 2.75) is 19.9 Å². The van der Waals surface area contributed by atoms with Crippen LogP contribution in [0.4, 0.5) is 0 Å². The Hall–Kier alpha value is -0.980. The number of aliphatic imine (C=N–C) groups is 1. The van der Waals surface area contributed by atoms with Crippen LogP contribution >= 0.6 is 24.0 Å². The summed E-state index contributed by atoms with van der Waals surface area (Å²) in [5, 5.41) is 6.61. The maximum atomic E-state index is 5.62. The largest absolute Gasteiger partial charge is 0.491 e. The number of para-hydroxylation sites is 1. The number of ether oxygens (including phenoxy) is 1. The van der Waals surface area contributed by atoms with E-state index in [-0.39, 0.29) is 30.0 Å². The van der Waals surface area contributed by atoms with Crippen molar-refractivity contribution in [1.29, 1.82) is 0 Å². The highest BCUT2D eigenvalue weighted by Crippen LogP contribution is 2.31. The highest BCUT2D eigenvalue weighted by Gasteiger charge is 2.24. The molecule has 1 aliphatic heterocycles. The number of halogens is 1. The van der Waals surface area contributed by atoms with Crippen LogP contribution in [0.3, 0.4) is 0 Å². The zero-order valence-electron chi connectivity index (χ0n) is 10.8. The number of nitrogens with zero attached hydrogens (tertiary/aromatic N) is 1. The minimum Gasteiger partial charge on any atom is -0.491 e. The van der Waals surface area contributed by atoms with Crippen LogP contribution in [0.15, 0.2) is 29.3 Å². The molecule has 100 valence electrons. The predicted octanol–water partition coefficient (Wildman–Crippen LogP) is 2.31. The highest BCUT2D eigenvalue weighted by molar-refractivity contribution is 14.0. The number of nitrogens with one attached hydrogen (secondary N) is 2. The fraction of sp³-hybridized carbons (Fsp3) is 0.462. The maximum Gasteiger partial charge on any atom is 0.191 e. The van der Waals surface area contributed by atoms with Gasteiger partial charge in [-0.3, -0.25) is 4.99 Å². The second kappa shape index (κ2) is 7.45. The van der Waals surface area contributed by atoms with Gasteiger partial charge in [0.15, 0.2) is 5.96 Å². The van der Waals surface area contributed by atoms with Gasteiger partial charge in [0.1, 0.15) is 12.4 Å². The molecular weight excluding hydrogens is 341 g/mol. The first-order valence-corrected chi connectivity index (χ1v) is 6.11. The fourth-order valence-electron chi connectivity index (χ4n) is 1.93. The lowest BCUT2D eigenvalue weighted by molar-refractivity contribution is 0.323. The van der Waals surface area contributed by atoms with E-state index in [0.29, 0.717) is 6.61 Å². The summed E-state index contributed by atoms with van der Waals surface area (Å²) in [6.07, 6.45) is 0. The molecule has 1 atom stereocenters. The van der Waals surface area contributed by atoms with E-state index < -0.39 is 0 Å². The van der Waals surface area contributed by atoms with Gasteiger partial charge >= 0.3 is 0 Å². The van der Waals surface area contributed by atoms with Crippen LogP contribution in [0.5, 0.6) is 5.75 Å². The van der Waals surface area contributed by atoms with Crippen molar-refractivity contribution < 1.29 is 4.74 Å². The topological polar surface area (TPSA) is 45.7 Å². The van der Waals surface area contributed by atoms with Crippen LogP contribution < -0.4 is 15.4 Å². The SMILES string of the molecule is CCN=C(NCC)NC1COc2ccccc21.I. The molecule has 0 bridgehead atoms. The van der Waals surface area contributed by atoms with E-state index in [4.69, 9.17) is 4.74 Å². The van der Waals surface area contributed by atoms with Crippen molar-refractivity contribution in [2.24, 2.45) is 4.99 Å². The smallest absolute Gasteiger partial charge is 0.191 e. The zero-order valence-corrected chi connectivity index (χ0v) is 13.1. The van der Waals surface area contributed by atoms with Crippen molar-refractivity contribution in [3.8, 4) is 5.75 Å². The molecule has 1 aromatic rings. The maximum absolute atomic E-state index is 5.62. The van der Waals surface area contributed by atoms with Gasteiger partial charge in [-0.25, -0.2) is 0 Å². The Morgan fingerprint density at radius 1 is 1.39 bits per heavy atom. The third kappa shape index (κ3) is 3.51. The Bertz CT molecular complexity index is 409. The minimum atomic E-state index is 0. The molecule has 2 N–H and O–H groups in total. The molecule has 0 saturated heterocycles. The molecule has 1 aromatic carbocycles. The van der Waals surface area contributed by atoms with Crippen LogP contribution in [0.25, 0.3) is 0 Å². The van der Waals surface area contributed by atoms with E-state index in [1.165, 1.54) is 5.56 Å². The van der Waals surface area contributed by atoms with Crippen molar-refractivity contribution in [3.63, 3.8) is 0 Å². The van der Waals surface area contributed by atoms with Crippen molar-refractivity contribution in [3.05, 3.63) is 29.8 Å². The van der Waals surface area contributed by atoms with Gasteiger partial charge in [0, 0.05) is 18.7 Å². The van der Waals surface area contributed by atoms with Crippen LogP contribution in [-0.2, 0) is 0 Å². The van der Waals surface area contributed by atoms with Crippen molar-refractivity contribution >= 4 is 29.9 Å². The normalized spacial score (nSPS) is 17.4. The molecule has 0 aliphatic carbocycles. The fourth-order valence-corrected chi connectivity index (χ4v) is 1.93. The molecule has 0 fully saturated rings. The van der Waals surface area contributed by atoms with Gasteiger partial charge in [-0.1, -0.05) is 18.2 Å². The summed E-state index contributed by atoms with van der Waals surface area (Å²) in [4.78, 5) is 4.39. The third-order valence-electron chi connectivity index (χ3n) is 2.67. The average Bonchev–Trinajstić information content (AvgIpc) is 2.74. The molecule has 0 radical (unpaired) electrons. The number of rotatable bonds is 3. The summed E-state index contributed by atoms with van der Waals surface area (Å²) >= 11 is 0. The predicted molar refractivity (Wildman–Crippen MR) is 84.9 cm³/mol. The van der Waals surface area contributed by atoms with Crippen molar-refractivity contribution in [1.82, 2.24) is 10.6 Å². The summed E-state index contributed by atoms with van der Waals surface area (Å²) < 4.78 is 5.62. The van der Waals surface area contributed by atoms with E-state index >= 15 is 0 Å². The number of benzene rings is 1. The van der Waals surface area contributed by atoms with E-state index in [1.807, 2.05) is 25.1 Å². The van der Waals surface area contributed by atoms with Gasteiger partial charge in [-0.15, -0.1) is 24.0 Å². The number of guanidine groups is 1. The van der Waals surface area contributed by atoms with Crippen LogP contribution in [0, 0.1) is 0 Å². The number of hydrogen-bond acceptors (Lipinski definition) is 2. The molecule has 1 heterocycles. The van der Waals surface area contributed by atoms with Crippen molar-refractivity contribution in [2.75, 3.05) is 19.7 Å². The molecule has 0 amide bonds. The third-order valence-corrected chi connectivity index (χ3v) is 2.67. The first-order chi connectivity index (χ1) is 8.35. The molecule has 0 saturated carbocycles. The summed E-state index contributed by atoms with van der Waals surface area (Å²) in [5.41, 5.74) is 1.20. The lowest BCUT2D eigenvalue weighted by atomic mass is 10.1. The molecule has 4 nitrogen and oxygen atoms in total. The number of fused-ring (bicyclic) bond motifs is 1. The number of hydrogen-bond donors (Lipinski definition) is 2. The highest BCUT2D eigenvalue weighted by atomic mass is 127. The monoisotopic (exact) mass is 361 g/mol. The van der Waals surface area contributed by atoms with Gasteiger partial charge in [0.2, 0.25) is 0 Å². The summed E-state index contributed by atoms with van der Waals surface area (Å²) in [6, 6.07) is 8.31. The Balaban J connectivity index is 0.00000162. The first-order valence-electron chi connectivity index (χ1n) is 6.11.